The Morgan fingerprint density at radius 1 is 0.963 bits per heavy atom. The fourth-order valence-electron chi connectivity index (χ4n) is 2.37. The van der Waals surface area contributed by atoms with Crippen molar-refractivity contribution in [2.45, 2.75) is 26.9 Å². The first-order valence-corrected chi connectivity index (χ1v) is 8.42. The molecule has 2 aromatic carbocycles. The molecule has 0 saturated carbocycles. The molecule has 0 spiro atoms. The van der Waals surface area contributed by atoms with Gasteiger partial charge in [-0.05, 0) is 56.2 Å². The monoisotopic (exact) mass is 372 g/mol. The number of hydrogen-bond acceptors (Lipinski definition) is 5. The van der Waals surface area contributed by atoms with Crippen molar-refractivity contribution in [3.8, 4) is 17.2 Å². The van der Waals surface area contributed by atoms with Crippen LogP contribution in [0.4, 0.5) is 0 Å². The second kappa shape index (κ2) is 8.93. The molecule has 7 heteroatoms. The van der Waals surface area contributed by atoms with Crippen molar-refractivity contribution >= 4 is 11.8 Å². The van der Waals surface area contributed by atoms with Gasteiger partial charge >= 0.3 is 0 Å². The third kappa shape index (κ3) is 4.91. The molecule has 144 valence electrons. The van der Waals surface area contributed by atoms with Gasteiger partial charge in [0.05, 0.1) is 19.8 Å². The fourth-order valence-corrected chi connectivity index (χ4v) is 2.37. The summed E-state index contributed by atoms with van der Waals surface area (Å²) in [5.74, 6) is 0.476. The average Bonchev–Trinajstić information content (AvgIpc) is 2.68. The van der Waals surface area contributed by atoms with Gasteiger partial charge in [-0.25, -0.2) is 0 Å². The van der Waals surface area contributed by atoms with Gasteiger partial charge in [0.15, 0.2) is 6.10 Å². The highest BCUT2D eigenvalue weighted by Crippen LogP contribution is 2.24. The summed E-state index contributed by atoms with van der Waals surface area (Å²) in [4.78, 5) is 24.6. The average molecular weight is 372 g/mol. The van der Waals surface area contributed by atoms with Crippen LogP contribution in [0, 0.1) is 13.8 Å². The fraction of sp³-hybridized carbons (Fsp3) is 0.300. The van der Waals surface area contributed by atoms with Gasteiger partial charge in [-0.3, -0.25) is 20.4 Å². The molecule has 7 nitrogen and oxygen atoms in total. The number of nitrogens with one attached hydrogen (secondary N) is 2. The van der Waals surface area contributed by atoms with Crippen LogP contribution in [0.5, 0.6) is 17.2 Å². The van der Waals surface area contributed by atoms with Crippen LogP contribution in [0.25, 0.3) is 0 Å². The van der Waals surface area contributed by atoms with Crippen LogP contribution in [-0.2, 0) is 4.79 Å². The lowest BCUT2D eigenvalue weighted by molar-refractivity contribution is -0.128. The van der Waals surface area contributed by atoms with E-state index in [9.17, 15) is 9.59 Å². The van der Waals surface area contributed by atoms with E-state index in [0.29, 0.717) is 17.2 Å². The maximum Gasteiger partial charge on any atom is 0.279 e. The molecular weight excluding hydrogens is 348 g/mol. The van der Waals surface area contributed by atoms with Gasteiger partial charge in [-0.1, -0.05) is 12.1 Å². The number of benzene rings is 2. The van der Waals surface area contributed by atoms with E-state index in [4.69, 9.17) is 14.2 Å². The number of hydrogen-bond donors (Lipinski definition) is 2. The zero-order valence-corrected chi connectivity index (χ0v) is 16.1. The number of rotatable bonds is 6. The summed E-state index contributed by atoms with van der Waals surface area (Å²) in [7, 11) is 2.95. The van der Waals surface area contributed by atoms with E-state index in [2.05, 4.69) is 10.9 Å². The molecule has 2 rings (SSSR count). The van der Waals surface area contributed by atoms with Crippen molar-refractivity contribution in [2.75, 3.05) is 14.2 Å². The molecule has 0 bridgehead atoms. The molecule has 27 heavy (non-hydrogen) atoms. The van der Waals surface area contributed by atoms with Gasteiger partial charge in [0, 0.05) is 0 Å². The van der Waals surface area contributed by atoms with E-state index in [0.717, 1.165) is 11.1 Å². The maximum atomic E-state index is 12.4. The first-order valence-electron chi connectivity index (χ1n) is 8.42. The van der Waals surface area contributed by atoms with Crippen LogP contribution in [-0.4, -0.2) is 32.1 Å². The largest absolute Gasteiger partial charge is 0.497 e. The van der Waals surface area contributed by atoms with E-state index < -0.39 is 17.9 Å². The first kappa shape index (κ1) is 20.1. The maximum absolute atomic E-state index is 12.4. The summed E-state index contributed by atoms with van der Waals surface area (Å²) in [5.41, 5.74) is 6.99. The molecule has 1 atom stereocenters. The van der Waals surface area contributed by atoms with Gasteiger partial charge in [0.1, 0.15) is 17.2 Å². The van der Waals surface area contributed by atoms with E-state index in [-0.39, 0.29) is 5.56 Å². The Balaban J connectivity index is 2.00. The molecule has 0 saturated heterocycles. The van der Waals surface area contributed by atoms with Crippen LogP contribution in [0.3, 0.4) is 0 Å². The smallest absolute Gasteiger partial charge is 0.279 e. The normalized spacial score (nSPS) is 11.3. The van der Waals surface area contributed by atoms with Crippen molar-refractivity contribution in [3.63, 3.8) is 0 Å². The minimum absolute atomic E-state index is 0.236. The predicted octanol–water partition coefficient (Wildman–Crippen LogP) is 2.55. The number of amides is 2. The lowest BCUT2D eigenvalue weighted by Crippen LogP contribution is -2.47. The van der Waals surface area contributed by atoms with Crippen LogP contribution in [0.15, 0.2) is 36.4 Å². The summed E-state index contributed by atoms with van der Waals surface area (Å²) in [5, 5.41) is 0. The third-order valence-electron chi connectivity index (χ3n) is 4.18. The number of methoxy groups -OCH3 is 2. The zero-order valence-electron chi connectivity index (χ0n) is 16.1. The second-order valence-corrected chi connectivity index (χ2v) is 5.97. The molecule has 0 unspecified atom stereocenters. The Labute approximate surface area is 158 Å². The summed E-state index contributed by atoms with van der Waals surface area (Å²) in [6.07, 6.45) is -0.794. The van der Waals surface area contributed by atoms with E-state index in [1.807, 2.05) is 26.0 Å². The van der Waals surface area contributed by atoms with Crippen molar-refractivity contribution in [2.24, 2.45) is 0 Å². The van der Waals surface area contributed by atoms with Gasteiger partial charge in [0.2, 0.25) is 0 Å². The molecule has 0 aliphatic rings. The molecule has 0 heterocycles. The summed E-state index contributed by atoms with van der Waals surface area (Å²) in [6.45, 7) is 5.50. The van der Waals surface area contributed by atoms with E-state index in [1.165, 1.54) is 20.3 Å². The highest BCUT2D eigenvalue weighted by molar-refractivity contribution is 5.98. The van der Waals surface area contributed by atoms with Crippen LogP contribution in [0.2, 0.25) is 0 Å². The minimum Gasteiger partial charge on any atom is -0.497 e. The summed E-state index contributed by atoms with van der Waals surface area (Å²) in [6, 6.07) is 10.4. The molecule has 0 aliphatic carbocycles. The third-order valence-corrected chi connectivity index (χ3v) is 4.18. The van der Waals surface area contributed by atoms with Crippen LogP contribution >= 0.6 is 0 Å². The SMILES string of the molecule is COc1ccc(OC)c(C(=O)NNC(=O)[C@@H](C)Oc2cccc(C)c2C)c1. The Morgan fingerprint density at radius 3 is 2.37 bits per heavy atom. The minimum atomic E-state index is -0.794. The number of aryl methyl sites for hydroxylation is 1. The molecule has 0 fully saturated rings. The molecule has 0 aromatic heterocycles. The Kier molecular flexibility index (Phi) is 6.65. The lowest BCUT2D eigenvalue weighted by Gasteiger charge is -2.17. The summed E-state index contributed by atoms with van der Waals surface area (Å²) >= 11 is 0. The van der Waals surface area contributed by atoms with Gasteiger partial charge < -0.3 is 14.2 Å². The molecular formula is C20H24N2O5. The number of carbonyl (C=O) groups is 2. The predicted molar refractivity (Wildman–Crippen MR) is 101 cm³/mol. The molecule has 2 N–H and O–H groups in total. The lowest BCUT2D eigenvalue weighted by atomic mass is 10.1. The highest BCUT2D eigenvalue weighted by Gasteiger charge is 2.19. The first-order chi connectivity index (χ1) is 12.9. The topological polar surface area (TPSA) is 85.9 Å². The number of ether oxygens (including phenoxy) is 3. The quantitative estimate of drug-likeness (QED) is 0.761. The molecule has 0 aliphatic heterocycles. The van der Waals surface area contributed by atoms with Crippen LogP contribution in [0.1, 0.15) is 28.4 Å². The Hall–Kier alpha value is -3.22. The number of carbonyl (C=O) groups excluding carboxylic acids is 2. The Bertz CT molecular complexity index is 835. The Morgan fingerprint density at radius 2 is 1.70 bits per heavy atom. The highest BCUT2D eigenvalue weighted by atomic mass is 16.5. The van der Waals surface area contributed by atoms with Gasteiger partial charge in [0.25, 0.3) is 11.8 Å². The van der Waals surface area contributed by atoms with Crippen molar-refractivity contribution < 1.29 is 23.8 Å². The van der Waals surface area contributed by atoms with Gasteiger partial charge in [-0.15, -0.1) is 0 Å². The van der Waals surface area contributed by atoms with Crippen molar-refractivity contribution in [3.05, 3.63) is 53.1 Å². The van der Waals surface area contributed by atoms with E-state index >= 15 is 0 Å². The van der Waals surface area contributed by atoms with Crippen molar-refractivity contribution in [1.29, 1.82) is 0 Å². The van der Waals surface area contributed by atoms with Gasteiger partial charge in [-0.2, -0.15) is 0 Å². The van der Waals surface area contributed by atoms with E-state index in [1.54, 1.807) is 25.1 Å². The van der Waals surface area contributed by atoms with Crippen LogP contribution < -0.4 is 25.1 Å². The van der Waals surface area contributed by atoms with Crippen molar-refractivity contribution in [1.82, 2.24) is 10.9 Å². The standard InChI is InChI=1S/C20H24N2O5/c1-12-7-6-8-17(13(12)2)27-14(3)19(23)21-22-20(24)16-11-15(25-4)9-10-18(16)26-5/h6-11,14H,1-5H3,(H,21,23)(H,22,24)/t14-/m1/s1. The summed E-state index contributed by atoms with van der Waals surface area (Å²) < 4.78 is 16.0. The molecule has 2 aromatic rings. The second-order valence-electron chi connectivity index (χ2n) is 5.97. The molecule has 0 radical (unpaired) electrons. The number of hydrazine groups is 1. The molecule has 2 amide bonds. The zero-order chi connectivity index (χ0) is 20.0.